The molecule has 0 aliphatic heterocycles. The number of nitrogens with zero attached hydrogens (tertiary/aromatic N) is 1. The second kappa shape index (κ2) is 33.2. The lowest BCUT2D eigenvalue weighted by Crippen LogP contribution is -2.55. The Morgan fingerprint density at radius 2 is 1.02 bits per heavy atom. The molecular formula is C41H77NO7. The van der Waals surface area contributed by atoms with Crippen molar-refractivity contribution in [2.75, 3.05) is 41.0 Å². The molecule has 0 bridgehead atoms. The number of hydrogen-bond acceptors (Lipinski definition) is 7. The molecule has 0 heterocycles. The fraction of sp³-hybridized carbons (Fsp3) is 0.878. The van der Waals surface area contributed by atoms with Crippen molar-refractivity contribution in [3.8, 4) is 0 Å². The number of allylic oxidation sites excluding steroid dienone is 2. The van der Waals surface area contributed by atoms with Crippen molar-refractivity contribution in [1.82, 2.24) is 0 Å². The third-order valence-corrected chi connectivity index (χ3v) is 9.15. The van der Waals surface area contributed by atoms with Gasteiger partial charge in [0.2, 0.25) is 0 Å². The summed E-state index contributed by atoms with van der Waals surface area (Å²) in [6.45, 7) is 4.62. The smallest absolute Gasteiger partial charge is 0.306 e. The Labute approximate surface area is 301 Å². The van der Waals surface area contributed by atoms with Crippen LogP contribution in [0, 0.1) is 0 Å². The molecule has 8 heteroatoms. The van der Waals surface area contributed by atoms with Crippen LogP contribution in [0.3, 0.4) is 0 Å². The lowest BCUT2D eigenvalue weighted by atomic mass is 10.1. The summed E-state index contributed by atoms with van der Waals surface area (Å²) < 4.78 is 17.1. The fourth-order valence-electron chi connectivity index (χ4n) is 5.95. The number of esters is 2. The molecule has 0 amide bonds. The molecule has 0 aliphatic carbocycles. The van der Waals surface area contributed by atoms with Crippen LogP contribution in [0.25, 0.3) is 0 Å². The third-order valence-electron chi connectivity index (χ3n) is 9.15. The highest BCUT2D eigenvalue weighted by atomic mass is 16.6. The standard InChI is InChI=1S/C41H77NO7/c1-6-8-10-12-14-16-17-18-19-20-21-22-23-24-26-28-30-32-40(44)49-37(35-47-34-33-38(41(45)46)42(3,4)5)36-48-39(43)31-29-27-25-15-13-11-9-7-2/h18-19,37-38H,6-17,20-36H2,1-5H3/b19-18-. The number of rotatable bonds is 36. The van der Waals surface area contributed by atoms with E-state index in [1.165, 1.54) is 109 Å². The van der Waals surface area contributed by atoms with Gasteiger partial charge in [0, 0.05) is 19.3 Å². The molecular weight excluding hydrogens is 618 g/mol. The van der Waals surface area contributed by atoms with E-state index in [1.807, 2.05) is 0 Å². The molecule has 0 N–H and O–H groups in total. The van der Waals surface area contributed by atoms with Crippen LogP contribution in [0.2, 0.25) is 0 Å². The van der Waals surface area contributed by atoms with Crippen molar-refractivity contribution in [3.63, 3.8) is 0 Å². The quantitative estimate of drug-likeness (QED) is 0.0279. The summed E-state index contributed by atoms with van der Waals surface area (Å²) in [7, 11) is 5.40. The highest BCUT2D eigenvalue weighted by Crippen LogP contribution is 2.14. The second-order valence-corrected chi connectivity index (χ2v) is 14.9. The number of aliphatic carboxylic acids is 1. The highest BCUT2D eigenvalue weighted by Gasteiger charge is 2.25. The molecule has 0 saturated carbocycles. The van der Waals surface area contributed by atoms with E-state index in [0.717, 1.165) is 38.5 Å². The number of likely N-dealkylation sites (N-methyl/N-ethyl adjacent to an activating group) is 1. The Hall–Kier alpha value is -1.93. The van der Waals surface area contributed by atoms with Crippen LogP contribution in [0.1, 0.15) is 181 Å². The summed E-state index contributed by atoms with van der Waals surface area (Å²) in [5, 5.41) is 11.6. The largest absolute Gasteiger partial charge is 0.544 e. The highest BCUT2D eigenvalue weighted by molar-refractivity contribution is 5.70. The monoisotopic (exact) mass is 696 g/mol. The topological polar surface area (TPSA) is 102 Å². The van der Waals surface area contributed by atoms with E-state index in [9.17, 15) is 19.5 Å². The third kappa shape index (κ3) is 31.8. The van der Waals surface area contributed by atoms with Gasteiger partial charge >= 0.3 is 11.9 Å². The number of unbranched alkanes of at least 4 members (excludes halogenated alkanes) is 20. The van der Waals surface area contributed by atoms with Crippen LogP contribution in [-0.4, -0.2) is 75.5 Å². The van der Waals surface area contributed by atoms with Crippen molar-refractivity contribution in [3.05, 3.63) is 12.2 Å². The van der Waals surface area contributed by atoms with Gasteiger partial charge in [-0.15, -0.1) is 0 Å². The lowest BCUT2D eigenvalue weighted by Gasteiger charge is -2.34. The summed E-state index contributed by atoms with van der Waals surface area (Å²) in [5.41, 5.74) is 0. The summed E-state index contributed by atoms with van der Waals surface area (Å²) in [4.78, 5) is 36.6. The predicted octanol–water partition coefficient (Wildman–Crippen LogP) is 9.02. The predicted molar refractivity (Wildman–Crippen MR) is 199 cm³/mol. The molecule has 0 aliphatic rings. The number of carbonyl (C=O) groups is 3. The van der Waals surface area contributed by atoms with Crippen molar-refractivity contribution in [1.29, 1.82) is 0 Å². The zero-order chi connectivity index (χ0) is 36.4. The molecule has 0 radical (unpaired) electrons. The van der Waals surface area contributed by atoms with Gasteiger partial charge in [-0.1, -0.05) is 135 Å². The molecule has 0 fully saturated rings. The van der Waals surface area contributed by atoms with Gasteiger partial charge in [0.05, 0.1) is 40.3 Å². The first kappa shape index (κ1) is 47.1. The maximum absolute atomic E-state index is 12.6. The SMILES string of the molecule is CCCCCCCC/C=C\CCCCCCCCCC(=O)OC(COCCC(C(=O)[O-])[N+](C)(C)C)COC(=O)CCCCCCCCCC. The molecule has 2 atom stereocenters. The maximum atomic E-state index is 12.6. The summed E-state index contributed by atoms with van der Waals surface area (Å²) in [6, 6.07) is -0.720. The number of hydrogen-bond donors (Lipinski definition) is 0. The van der Waals surface area contributed by atoms with Crippen LogP contribution >= 0.6 is 0 Å². The Morgan fingerprint density at radius 1 is 0.592 bits per heavy atom. The van der Waals surface area contributed by atoms with Gasteiger partial charge in [0.1, 0.15) is 12.6 Å². The molecule has 2 unspecified atom stereocenters. The number of quaternary nitrogens is 1. The van der Waals surface area contributed by atoms with Gasteiger partial charge in [-0.3, -0.25) is 9.59 Å². The zero-order valence-electron chi connectivity index (χ0n) is 32.6. The van der Waals surface area contributed by atoms with E-state index in [4.69, 9.17) is 14.2 Å². The van der Waals surface area contributed by atoms with Crippen molar-refractivity contribution in [2.45, 2.75) is 193 Å². The molecule has 0 rings (SSSR count). The Morgan fingerprint density at radius 3 is 1.47 bits per heavy atom. The van der Waals surface area contributed by atoms with Crippen LogP contribution in [-0.2, 0) is 28.6 Å². The minimum absolute atomic E-state index is 0.0436. The Bertz CT molecular complexity index is 823. The fourth-order valence-corrected chi connectivity index (χ4v) is 5.95. The van der Waals surface area contributed by atoms with E-state index in [-0.39, 0.29) is 42.7 Å². The molecule has 0 aromatic carbocycles. The molecule has 288 valence electrons. The normalized spacial score (nSPS) is 13.1. The zero-order valence-corrected chi connectivity index (χ0v) is 32.6. The van der Waals surface area contributed by atoms with Crippen LogP contribution in [0.5, 0.6) is 0 Å². The van der Waals surface area contributed by atoms with E-state index >= 15 is 0 Å². The van der Waals surface area contributed by atoms with Gasteiger partial charge in [0.15, 0.2) is 6.10 Å². The molecule has 0 spiro atoms. The molecule has 0 aromatic heterocycles. The minimum Gasteiger partial charge on any atom is -0.544 e. The molecule has 8 nitrogen and oxygen atoms in total. The van der Waals surface area contributed by atoms with E-state index < -0.39 is 18.1 Å². The van der Waals surface area contributed by atoms with Crippen molar-refractivity contribution in [2.24, 2.45) is 0 Å². The average Bonchev–Trinajstić information content (AvgIpc) is 3.05. The van der Waals surface area contributed by atoms with Crippen molar-refractivity contribution >= 4 is 17.9 Å². The number of ether oxygens (including phenoxy) is 3. The van der Waals surface area contributed by atoms with Crippen LogP contribution < -0.4 is 5.11 Å². The summed E-state index contributed by atoms with van der Waals surface area (Å²) >= 11 is 0. The first-order valence-electron chi connectivity index (χ1n) is 20.2. The summed E-state index contributed by atoms with van der Waals surface area (Å²) in [6.07, 6.45) is 32.4. The van der Waals surface area contributed by atoms with Gasteiger partial charge < -0.3 is 28.6 Å². The van der Waals surface area contributed by atoms with Gasteiger partial charge in [-0.05, 0) is 38.5 Å². The van der Waals surface area contributed by atoms with Crippen LogP contribution in [0.4, 0.5) is 0 Å². The maximum Gasteiger partial charge on any atom is 0.306 e. The van der Waals surface area contributed by atoms with E-state index in [2.05, 4.69) is 26.0 Å². The van der Waals surface area contributed by atoms with E-state index in [0.29, 0.717) is 12.8 Å². The average molecular weight is 696 g/mol. The first-order valence-corrected chi connectivity index (χ1v) is 20.2. The number of carboxylic acids is 1. The first-order chi connectivity index (χ1) is 23.6. The van der Waals surface area contributed by atoms with Gasteiger partial charge in [-0.25, -0.2) is 0 Å². The van der Waals surface area contributed by atoms with Gasteiger partial charge in [0.25, 0.3) is 0 Å². The van der Waals surface area contributed by atoms with E-state index in [1.54, 1.807) is 21.1 Å². The number of carbonyl (C=O) groups excluding carboxylic acids is 3. The Balaban J connectivity index is 4.32. The van der Waals surface area contributed by atoms with Gasteiger partial charge in [-0.2, -0.15) is 0 Å². The summed E-state index contributed by atoms with van der Waals surface area (Å²) in [5.74, 6) is -1.74. The molecule has 49 heavy (non-hydrogen) atoms. The minimum atomic E-state index is -1.12. The second-order valence-electron chi connectivity index (χ2n) is 14.9. The number of carboxylic acid groups (broad SMARTS) is 1. The molecule has 0 aromatic rings. The Kier molecular flexibility index (Phi) is 31.9. The van der Waals surface area contributed by atoms with Crippen LogP contribution in [0.15, 0.2) is 12.2 Å². The lowest BCUT2D eigenvalue weighted by molar-refractivity contribution is -0.889. The molecule has 0 saturated heterocycles. The van der Waals surface area contributed by atoms with Crippen molar-refractivity contribution < 1.29 is 38.2 Å².